The van der Waals surface area contributed by atoms with Gasteiger partial charge in [0, 0.05) is 40.7 Å². The smallest absolute Gasteiger partial charge is 0.424 e. The van der Waals surface area contributed by atoms with Crippen LogP contribution in [0.5, 0.6) is 17.4 Å². The normalized spacial score (nSPS) is 17.0. The minimum atomic E-state index is -5.39. The van der Waals surface area contributed by atoms with Gasteiger partial charge in [-0.2, -0.15) is 13.2 Å². The van der Waals surface area contributed by atoms with E-state index in [1.54, 1.807) is 12.1 Å². The standard InChI is InChI=1S/C32H24F4N6O5/c1-30(29(37)44)16-46-27-21(30)13-23(42-26(27)17-4-6-20(33)7-5-17)31(45,32(34,35)36)15-41-28(43)19-11-18-3-2-8-40-25(18)22(12-19)47-24-14-38-9-10-39-24/h2-14,45H,15-16H2,1H3,(H2,37,44)(H,41,43)/t30-,31-/m0/s1. The van der Waals surface area contributed by atoms with Gasteiger partial charge < -0.3 is 25.6 Å². The number of carbonyl (C=O) groups excluding carboxylic acids is 2. The molecule has 0 unspecified atom stereocenters. The zero-order chi connectivity index (χ0) is 33.6. The molecule has 0 fully saturated rings. The lowest BCUT2D eigenvalue weighted by atomic mass is 9.81. The van der Waals surface area contributed by atoms with Crippen molar-refractivity contribution >= 4 is 22.7 Å². The summed E-state index contributed by atoms with van der Waals surface area (Å²) in [6.07, 6.45) is 0.231. The van der Waals surface area contributed by atoms with E-state index in [1.165, 1.54) is 56.0 Å². The van der Waals surface area contributed by atoms with Gasteiger partial charge in [0.2, 0.25) is 17.4 Å². The molecule has 47 heavy (non-hydrogen) atoms. The third-order valence-electron chi connectivity index (χ3n) is 7.82. The van der Waals surface area contributed by atoms with E-state index in [2.05, 4.69) is 25.3 Å². The van der Waals surface area contributed by atoms with E-state index in [4.69, 9.17) is 15.2 Å². The Bertz CT molecular complexity index is 2010. The first-order valence-corrected chi connectivity index (χ1v) is 13.9. The first-order chi connectivity index (χ1) is 22.3. The van der Waals surface area contributed by atoms with Crippen LogP contribution >= 0.6 is 0 Å². The van der Waals surface area contributed by atoms with Gasteiger partial charge >= 0.3 is 6.18 Å². The molecular formula is C32H24F4N6O5. The van der Waals surface area contributed by atoms with Crippen LogP contribution in [0.15, 0.2) is 79.4 Å². The van der Waals surface area contributed by atoms with E-state index in [0.29, 0.717) is 10.9 Å². The molecule has 0 radical (unpaired) electrons. The van der Waals surface area contributed by atoms with Gasteiger partial charge in [0.05, 0.1) is 18.4 Å². The molecule has 0 saturated heterocycles. The number of aromatic nitrogens is 4. The second-order valence-electron chi connectivity index (χ2n) is 11.0. The van der Waals surface area contributed by atoms with E-state index in [9.17, 15) is 32.3 Å². The van der Waals surface area contributed by atoms with Gasteiger partial charge in [-0.3, -0.25) is 19.6 Å². The fourth-order valence-corrected chi connectivity index (χ4v) is 5.07. The van der Waals surface area contributed by atoms with Crippen molar-refractivity contribution < 1.29 is 41.7 Å². The van der Waals surface area contributed by atoms with E-state index >= 15 is 0 Å². The van der Waals surface area contributed by atoms with Crippen molar-refractivity contribution in [1.82, 2.24) is 25.3 Å². The molecule has 0 spiro atoms. The minimum Gasteiger partial charge on any atom is -0.489 e. The Morgan fingerprint density at radius 2 is 1.85 bits per heavy atom. The number of nitrogens with zero attached hydrogens (tertiary/aromatic N) is 4. The number of nitrogens with two attached hydrogens (primary N) is 1. The Balaban J connectivity index is 1.40. The number of aliphatic hydroxyl groups is 1. The van der Waals surface area contributed by atoms with Crippen molar-refractivity contribution in [1.29, 1.82) is 0 Å². The molecule has 1 aliphatic rings. The van der Waals surface area contributed by atoms with E-state index in [1.807, 2.05) is 0 Å². The summed E-state index contributed by atoms with van der Waals surface area (Å²) in [6, 6.07) is 11.4. The Labute approximate surface area is 263 Å². The van der Waals surface area contributed by atoms with Gasteiger partial charge in [-0.15, -0.1) is 0 Å². The second-order valence-corrected chi connectivity index (χ2v) is 11.0. The average Bonchev–Trinajstić information content (AvgIpc) is 3.41. The summed E-state index contributed by atoms with van der Waals surface area (Å²) in [5.41, 5.74) is -0.571. The summed E-state index contributed by atoms with van der Waals surface area (Å²) in [5.74, 6) is -2.39. The number of alkyl halides is 3. The lowest BCUT2D eigenvalue weighted by molar-refractivity contribution is -0.265. The fraction of sp³-hybridized carbons (Fsp3) is 0.188. The van der Waals surface area contributed by atoms with Crippen LogP contribution in [0.1, 0.15) is 28.5 Å². The monoisotopic (exact) mass is 648 g/mol. The predicted molar refractivity (Wildman–Crippen MR) is 158 cm³/mol. The van der Waals surface area contributed by atoms with Crippen LogP contribution in [0.3, 0.4) is 0 Å². The zero-order valence-electron chi connectivity index (χ0n) is 24.4. The number of hydrogen-bond donors (Lipinski definition) is 3. The summed E-state index contributed by atoms with van der Waals surface area (Å²) < 4.78 is 69.5. The minimum absolute atomic E-state index is 0.0457. The predicted octanol–water partition coefficient (Wildman–Crippen LogP) is 4.33. The SMILES string of the molecule is C[C@]1(C(N)=O)COc2c1cc([C@@](O)(CNC(=O)c1cc(Oc3cnccn3)c3ncccc3c1)C(F)(F)F)nc2-c1ccc(F)cc1. The number of pyridine rings is 2. The molecule has 1 aliphatic heterocycles. The maximum Gasteiger partial charge on any atom is 0.424 e. The molecule has 2 aromatic carbocycles. The van der Waals surface area contributed by atoms with Gasteiger partial charge in [-0.25, -0.2) is 14.4 Å². The van der Waals surface area contributed by atoms with E-state index in [-0.39, 0.29) is 46.4 Å². The molecule has 4 heterocycles. The maximum atomic E-state index is 14.8. The average molecular weight is 649 g/mol. The van der Waals surface area contributed by atoms with Gasteiger partial charge in [0.25, 0.3) is 5.91 Å². The van der Waals surface area contributed by atoms with E-state index in [0.717, 1.165) is 18.2 Å². The number of ether oxygens (including phenoxy) is 2. The molecule has 2 amide bonds. The first-order valence-electron chi connectivity index (χ1n) is 13.9. The van der Waals surface area contributed by atoms with Crippen molar-refractivity contribution in [3.8, 4) is 28.6 Å². The molecule has 6 rings (SSSR count). The van der Waals surface area contributed by atoms with Crippen LogP contribution in [0, 0.1) is 5.82 Å². The molecule has 11 nitrogen and oxygen atoms in total. The molecule has 0 bridgehead atoms. The van der Waals surface area contributed by atoms with Crippen LogP contribution in [-0.4, -0.2) is 56.2 Å². The van der Waals surface area contributed by atoms with Crippen molar-refractivity contribution in [3.63, 3.8) is 0 Å². The highest BCUT2D eigenvalue weighted by molar-refractivity contribution is 6.00. The van der Waals surface area contributed by atoms with E-state index < -0.39 is 47.1 Å². The van der Waals surface area contributed by atoms with Crippen molar-refractivity contribution in [2.75, 3.05) is 13.2 Å². The quantitative estimate of drug-likeness (QED) is 0.208. The molecule has 0 aliphatic carbocycles. The molecule has 5 aromatic rings. The number of fused-ring (bicyclic) bond motifs is 2. The number of halogens is 4. The highest BCUT2D eigenvalue weighted by Crippen LogP contribution is 2.47. The lowest BCUT2D eigenvalue weighted by Crippen LogP contribution is -2.51. The Morgan fingerprint density at radius 1 is 1.09 bits per heavy atom. The number of amides is 2. The van der Waals surface area contributed by atoms with Crippen molar-refractivity contribution in [2.45, 2.75) is 24.1 Å². The summed E-state index contributed by atoms with van der Waals surface area (Å²) >= 11 is 0. The molecular weight excluding hydrogens is 624 g/mol. The Hall–Kier alpha value is -5.70. The van der Waals surface area contributed by atoms with Gasteiger partial charge in [-0.1, -0.05) is 6.07 Å². The lowest BCUT2D eigenvalue weighted by Gasteiger charge is -2.31. The van der Waals surface area contributed by atoms with Crippen LogP contribution in [0.4, 0.5) is 17.6 Å². The number of nitrogens with one attached hydrogen (secondary N) is 1. The van der Waals surface area contributed by atoms with Crippen LogP contribution in [-0.2, 0) is 15.8 Å². The highest BCUT2D eigenvalue weighted by Gasteiger charge is 2.57. The third kappa shape index (κ3) is 5.65. The zero-order valence-corrected chi connectivity index (χ0v) is 24.4. The van der Waals surface area contributed by atoms with Crippen molar-refractivity contribution in [2.24, 2.45) is 5.73 Å². The third-order valence-corrected chi connectivity index (χ3v) is 7.82. The van der Waals surface area contributed by atoms with Gasteiger partial charge in [-0.05, 0) is 55.5 Å². The molecule has 4 N–H and O–H groups in total. The largest absolute Gasteiger partial charge is 0.489 e. The molecule has 2 atom stereocenters. The number of hydrogen-bond acceptors (Lipinski definition) is 9. The van der Waals surface area contributed by atoms with Crippen LogP contribution in [0.25, 0.3) is 22.2 Å². The Kier molecular flexibility index (Phi) is 7.71. The molecule has 3 aromatic heterocycles. The molecule has 15 heteroatoms. The number of benzene rings is 2. The summed E-state index contributed by atoms with van der Waals surface area (Å²) in [6.45, 7) is -0.319. The molecule has 0 saturated carbocycles. The Morgan fingerprint density at radius 3 is 2.53 bits per heavy atom. The summed E-state index contributed by atoms with van der Waals surface area (Å²) in [5, 5.41) is 13.9. The van der Waals surface area contributed by atoms with Gasteiger partial charge in [0.1, 0.15) is 34.8 Å². The maximum absolute atomic E-state index is 14.8. The number of rotatable bonds is 8. The van der Waals surface area contributed by atoms with Crippen LogP contribution in [0.2, 0.25) is 0 Å². The number of carbonyl (C=O) groups is 2. The second kappa shape index (κ2) is 11.6. The summed E-state index contributed by atoms with van der Waals surface area (Å²) in [4.78, 5) is 42.1. The summed E-state index contributed by atoms with van der Waals surface area (Å²) in [7, 11) is 0. The first kappa shape index (κ1) is 31.3. The topological polar surface area (TPSA) is 162 Å². The van der Waals surface area contributed by atoms with Crippen molar-refractivity contribution in [3.05, 3.63) is 102 Å². The van der Waals surface area contributed by atoms with Gasteiger partial charge in [0.15, 0.2) is 5.75 Å². The fourth-order valence-electron chi connectivity index (χ4n) is 5.07. The molecule has 240 valence electrons. The van der Waals surface area contributed by atoms with Crippen LogP contribution < -0.4 is 20.5 Å². The number of primary amides is 1. The highest BCUT2D eigenvalue weighted by atomic mass is 19.4.